The number of methoxy groups -OCH3 is 2. The van der Waals surface area contributed by atoms with Crippen LogP contribution in [-0.4, -0.2) is 35.6 Å². The third-order valence-corrected chi connectivity index (χ3v) is 5.24. The van der Waals surface area contributed by atoms with E-state index in [-0.39, 0.29) is 17.4 Å². The van der Waals surface area contributed by atoms with E-state index in [0.29, 0.717) is 34.2 Å². The van der Waals surface area contributed by atoms with Gasteiger partial charge in [0.25, 0.3) is 5.56 Å². The normalized spacial score (nSPS) is 13.7. The van der Waals surface area contributed by atoms with E-state index >= 15 is 0 Å². The van der Waals surface area contributed by atoms with Crippen LogP contribution in [0.5, 0.6) is 11.5 Å². The van der Waals surface area contributed by atoms with Crippen LogP contribution >= 0.6 is 0 Å². The summed E-state index contributed by atoms with van der Waals surface area (Å²) >= 11 is 0. The maximum Gasteiger partial charge on any atom is 0.281 e. The van der Waals surface area contributed by atoms with Crippen LogP contribution in [0.3, 0.4) is 0 Å². The Morgan fingerprint density at radius 2 is 1.61 bits per heavy atom. The molecule has 1 amide bonds. The minimum atomic E-state index is -0.266. The molecule has 0 aliphatic heterocycles. The molecule has 8 heteroatoms. The summed E-state index contributed by atoms with van der Waals surface area (Å²) in [6.07, 6.45) is 1.76. The zero-order chi connectivity index (χ0) is 22.0. The molecule has 1 saturated carbocycles. The molecule has 0 bridgehead atoms. The Morgan fingerprint density at radius 1 is 1.03 bits per heavy atom. The molecule has 2 aromatic carbocycles. The first-order valence-electron chi connectivity index (χ1n) is 10.00. The standard InChI is InChI=1S/C23H24N4O4/c1-14(24-25-22(28)16-4-5-16)20-21(15-6-10-18(30-2)11-7-15)26-27(23(20)29)17-8-12-19(31-3)13-9-17/h6-13,16,26H,4-5H2,1-3H3,(H,25,28). The fraction of sp³-hybridized carbons (Fsp3) is 0.261. The van der Waals surface area contributed by atoms with E-state index < -0.39 is 0 Å². The van der Waals surface area contributed by atoms with Crippen LogP contribution in [0.1, 0.15) is 25.3 Å². The summed E-state index contributed by atoms with van der Waals surface area (Å²) in [5.41, 5.74) is 5.18. The van der Waals surface area contributed by atoms with Crippen LogP contribution in [0, 0.1) is 5.92 Å². The monoisotopic (exact) mass is 420 g/mol. The van der Waals surface area contributed by atoms with Gasteiger partial charge in [0.1, 0.15) is 11.5 Å². The highest BCUT2D eigenvalue weighted by Gasteiger charge is 2.29. The molecule has 1 aliphatic rings. The summed E-state index contributed by atoms with van der Waals surface area (Å²) in [5.74, 6) is 1.32. The molecule has 1 fully saturated rings. The fourth-order valence-electron chi connectivity index (χ4n) is 3.28. The molecule has 0 atom stereocenters. The van der Waals surface area contributed by atoms with Gasteiger partial charge in [-0.3, -0.25) is 14.7 Å². The lowest BCUT2D eigenvalue weighted by Crippen LogP contribution is -2.24. The summed E-state index contributed by atoms with van der Waals surface area (Å²) in [7, 11) is 3.19. The van der Waals surface area contributed by atoms with Crippen molar-refractivity contribution in [2.75, 3.05) is 14.2 Å². The Kier molecular flexibility index (Phi) is 5.62. The Balaban J connectivity index is 1.79. The second kappa shape index (κ2) is 8.51. The minimum Gasteiger partial charge on any atom is -0.497 e. The number of aromatic nitrogens is 2. The summed E-state index contributed by atoms with van der Waals surface area (Å²) in [6, 6.07) is 14.5. The highest BCUT2D eigenvalue weighted by Crippen LogP contribution is 2.29. The van der Waals surface area contributed by atoms with Crippen LogP contribution in [0.15, 0.2) is 58.4 Å². The van der Waals surface area contributed by atoms with Crippen molar-refractivity contribution >= 4 is 11.6 Å². The number of carbonyl (C=O) groups excluding carboxylic acids is 1. The number of carbonyl (C=O) groups is 1. The van der Waals surface area contributed by atoms with Gasteiger partial charge in [-0.15, -0.1) is 0 Å². The van der Waals surface area contributed by atoms with Gasteiger partial charge in [-0.2, -0.15) is 5.10 Å². The largest absolute Gasteiger partial charge is 0.497 e. The van der Waals surface area contributed by atoms with Crippen molar-refractivity contribution in [2.45, 2.75) is 19.8 Å². The first-order chi connectivity index (χ1) is 15.0. The number of hydrazone groups is 1. The molecule has 0 saturated heterocycles. The van der Waals surface area contributed by atoms with Crippen molar-refractivity contribution in [3.05, 3.63) is 64.4 Å². The third-order valence-electron chi connectivity index (χ3n) is 5.24. The Hall–Kier alpha value is -3.81. The number of hydrogen-bond acceptors (Lipinski definition) is 5. The Morgan fingerprint density at radius 3 is 2.16 bits per heavy atom. The number of nitrogens with one attached hydrogen (secondary N) is 2. The van der Waals surface area contributed by atoms with Gasteiger partial charge < -0.3 is 9.47 Å². The predicted molar refractivity (Wildman–Crippen MR) is 118 cm³/mol. The SMILES string of the molecule is COc1ccc(-c2[nH]n(-c3ccc(OC)cc3)c(=O)c2C(C)=NNC(=O)C2CC2)cc1. The topological polar surface area (TPSA) is 97.7 Å². The van der Waals surface area contributed by atoms with Crippen molar-refractivity contribution < 1.29 is 14.3 Å². The minimum absolute atomic E-state index is 0.0276. The van der Waals surface area contributed by atoms with Crippen LogP contribution in [0.2, 0.25) is 0 Å². The van der Waals surface area contributed by atoms with E-state index in [2.05, 4.69) is 15.6 Å². The molecule has 1 aromatic heterocycles. The predicted octanol–water partition coefficient (Wildman–Crippen LogP) is 3.10. The first kappa shape index (κ1) is 20.5. The fourth-order valence-corrected chi connectivity index (χ4v) is 3.28. The van der Waals surface area contributed by atoms with Crippen molar-refractivity contribution in [3.8, 4) is 28.4 Å². The molecule has 1 heterocycles. The Labute approximate surface area is 179 Å². The quantitative estimate of drug-likeness (QED) is 0.453. The zero-order valence-electron chi connectivity index (χ0n) is 17.6. The number of ether oxygens (including phenoxy) is 2. The van der Waals surface area contributed by atoms with E-state index in [4.69, 9.17) is 9.47 Å². The number of H-pyrrole nitrogens is 1. The maximum atomic E-state index is 13.4. The van der Waals surface area contributed by atoms with Gasteiger partial charge in [0.05, 0.1) is 36.9 Å². The van der Waals surface area contributed by atoms with E-state index in [9.17, 15) is 9.59 Å². The second-order valence-electron chi connectivity index (χ2n) is 7.38. The molecule has 8 nitrogen and oxygen atoms in total. The lowest BCUT2D eigenvalue weighted by molar-refractivity contribution is -0.122. The number of benzene rings is 2. The lowest BCUT2D eigenvalue weighted by Gasteiger charge is -2.05. The molecule has 160 valence electrons. The molecule has 1 aliphatic carbocycles. The highest BCUT2D eigenvalue weighted by molar-refractivity contribution is 6.04. The molecule has 4 rings (SSSR count). The Bertz CT molecular complexity index is 1170. The third kappa shape index (κ3) is 4.23. The smallest absolute Gasteiger partial charge is 0.281 e. The summed E-state index contributed by atoms with van der Waals surface area (Å²) in [6.45, 7) is 1.71. The molecule has 2 N–H and O–H groups in total. The van der Waals surface area contributed by atoms with Crippen LogP contribution < -0.4 is 20.5 Å². The first-order valence-corrected chi connectivity index (χ1v) is 10.00. The van der Waals surface area contributed by atoms with Gasteiger partial charge in [0.2, 0.25) is 5.91 Å². The summed E-state index contributed by atoms with van der Waals surface area (Å²) < 4.78 is 11.9. The number of hydrogen-bond donors (Lipinski definition) is 2. The van der Waals surface area contributed by atoms with Gasteiger partial charge >= 0.3 is 0 Å². The van der Waals surface area contributed by atoms with Gasteiger partial charge in [0.15, 0.2) is 0 Å². The molecule has 0 spiro atoms. The van der Waals surface area contributed by atoms with Gasteiger partial charge in [-0.05, 0) is 68.3 Å². The maximum absolute atomic E-state index is 13.4. The highest BCUT2D eigenvalue weighted by atomic mass is 16.5. The van der Waals surface area contributed by atoms with Gasteiger partial charge in [0, 0.05) is 11.5 Å². The summed E-state index contributed by atoms with van der Waals surface area (Å²) in [5, 5.41) is 7.40. The average Bonchev–Trinajstić information content (AvgIpc) is 3.60. The molecular weight excluding hydrogens is 396 g/mol. The number of aromatic amines is 1. The molecule has 0 radical (unpaired) electrons. The van der Waals surface area contributed by atoms with Crippen LogP contribution in [0.25, 0.3) is 16.9 Å². The number of rotatable bonds is 7. The molecule has 0 unspecified atom stereocenters. The molecule has 31 heavy (non-hydrogen) atoms. The van der Waals surface area contributed by atoms with Crippen molar-refractivity contribution in [1.82, 2.24) is 15.2 Å². The van der Waals surface area contributed by atoms with E-state index in [1.807, 2.05) is 24.3 Å². The van der Waals surface area contributed by atoms with Gasteiger partial charge in [-0.25, -0.2) is 10.1 Å². The number of amides is 1. The van der Waals surface area contributed by atoms with Crippen molar-refractivity contribution in [2.24, 2.45) is 11.0 Å². The van der Waals surface area contributed by atoms with E-state index in [0.717, 1.165) is 18.4 Å². The van der Waals surface area contributed by atoms with Crippen LogP contribution in [0.4, 0.5) is 0 Å². The van der Waals surface area contributed by atoms with Gasteiger partial charge in [-0.1, -0.05) is 0 Å². The average molecular weight is 420 g/mol. The number of nitrogens with zero attached hydrogens (tertiary/aromatic N) is 2. The summed E-state index contributed by atoms with van der Waals surface area (Å²) in [4.78, 5) is 25.4. The van der Waals surface area contributed by atoms with E-state index in [1.165, 1.54) is 4.68 Å². The molecular formula is C23H24N4O4. The second-order valence-corrected chi connectivity index (χ2v) is 7.38. The van der Waals surface area contributed by atoms with Crippen molar-refractivity contribution in [1.29, 1.82) is 0 Å². The molecule has 3 aromatic rings. The van der Waals surface area contributed by atoms with E-state index in [1.54, 1.807) is 45.4 Å². The lowest BCUT2D eigenvalue weighted by atomic mass is 10.1. The van der Waals surface area contributed by atoms with Crippen LogP contribution in [-0.2, 0) is 4.79 Å². The van der Waals surface area contributed by atoms with Crippen molar-refractivity contribution in [3.63, 3.8) is 0 Å². The zero-order valence-corrected chi connectivity index (χ0v) is 17.6.